The molecule has 2 rings (SSSR count). The Balaban J connectivity index is 1.75. The molecule has 0 unspecified atom stereocenters. The van der Waals surface area contributed by atoms with Gasteiger partial charge >= 0.3 is 5.97 Å². The average molecular weight is 439 g/mol. The van der Waals surface area contributed by atoms with Crippen LogP contribution in [-0.2, 0) is 30.3 Å². The number of benzene rings is 1. The number of esters is 1. The highest BCUT2D eigenvalue weighted by Gasteiger charge is 2.49. The maximum Gasteiger partial charge on any atom is 0.337 e. The average Bonchev–Trinajstić information content (AvgIpc) is 3.08. The number of unbranched alkanes of at least 4 members (excludes halogenated alkanes) is 2. The van der Waals surface area contributed by atoms with Crippen LogP contribution in [0.2, 0.25) is 0 Å². The molecule has 1 aromatic carbocycles. The summed E-state index contributed by atoms with van der Waals surface area (Å²) in [6.45, 7) is 8.69. The molecule has 7 nitrogen and oxygen atoms in total. The summed E-state index contributed by atoms with van der Waals surface area (Å²) >= 11 is 0. The summed E-state index contributed by atoms with van der Waals surface area (Å²) in [6.07, 6.45) is -0.461. The lowest BCUT2D eigenvalue weighted by Gasteiger charge is -2.28. The number of carbonyl (C=O) groups excluding carboxylic acids is 1. The third-order valence-corrected chi connectivity index (χ3v) is 5.47. The van der Waals surface area contributed by atoms with E-state index in [-0.39, 0.29) is 12.5 Å². The standard InChI is InChI=1S/C24H38O7/c1-5-29-23(27)20(26)19(25)22-21(30-24(3,4)31-22)17(2)12-8-7-11-15-28-16-18-13-9-6-10-14-18/h6,9-10,13-14,17,19-22,25-26H,5,7-8,11-12,15-16H2,1-4H3/t17-,19-,20-,21-,22-/m0/s1. The van der Waals surface area contributed by atoms with Gasteiger partial charge in [0.2, 0.25) is 0 Å². The Labute approximate surface area is 185 Å². The Hall–Kier alpha value is -1.51. The van der Waals surface area contributed by atoms with Gasteiger partial charge in [-0.25, -0.2) is 4.79 Å². The summed E-state index contributed by atoms with van der Waals surface area (Å²) in [5, 5.41) is 20.7. The minimum atomic E-state index is -1.67. The monoisotopic (exact) mass is 438 g/mol. The molecule has 0 aromatic heterocycles. The predicted octanol–water partition coefficient (Wildman–Crippen LogP) is 3.20. The fourth-order valence-corrected chi connectivity index (χ4v) is 3.84. The molecule has 1 heterocycles. The molecule has 1 fully saturated rings. The van der Waals surface area contributed by atoms with Crippen LogP contribution < -0.4 is 0 Å². The Morgan fingerprint density at radius 3 is 2.45 bits per heavy atom. The molecule has 0 radical (unpaired) electrons. The summed E-state index contributed by atoms with van der Waals surface area (Å²) in [5.74, 6) is -1.67. The molecule has 1 saturated heterocycles. The number of hydrogen-bond donors (Lipinski definition) is 2. The second kappa shape index (κ2) is 12.5. The zero-order chi connectivity index (χ0) is 22.9. The quantitative estimate of drug-likeness (QED) is 0.361. The van der Waals surface area contributed by atoms with Crippen molar-refractivity contribution in [3.63, 3.8) is 0 Å². The van der Waals surface area contributed by atoms with Gasteiger partial charge in [0.05, 0.1) is 19.3 Å². The number of aliphatic hydroxyl groups excluding tert-OH is 2. The molecule has 176 valence electrons. The second-order valence-electron chi connectivity index (χ2n) is 8.62. The van der Waals surface area contributed by atoms with Gasteiger partial charge in [-0.05, 0) is 45.1 Å². The van der Waals surface area contributed by atoms with Gasteiger partial charge in [-0.2, -0.15) is 0 Å². The maximum atomic E-state index is 11.8. The van der Waals surface area contributed by atoms with Crippen molar-refractivity contribution in [2.24, 2.45) is 5.92 Å². The van der Waals surface area contributed by atoms with Crippen molar-refractivity contribution >= 4 is 5.97 Å². The first-order valence-electron chi connectivity index (χ1n) is 11.2. The first kappa shape index (κ1) is 25.7. The van der Waals surface area contributed by atoms with E-state index in [9.17, 15) is 15.0 Å². The summed E-state index contributed by atoms with van der Waals surface area (Å²) in [6, 6.07) is 10.1. The molecule has 1 aliphatic heterocycles. The normalized spacial score (nSPS) is 23.3. The van der Waals surface area contributed by atoms with Crippen LogP contribution in [0, 0.1) is 5.92 Å². The van der Waals surface area contributed by atoms with E-state index in [1.807, 2.05) is 25.1 Å². The number of rotatable bonds is 13. The molecule has 1 aromatic rings. The Morgan fingerprint density at radius 2 is 1.77 bits per heavy atom. The van der Waals surface area contributed by atoms with Crippen LogP contribution in [0.5, 0.6) is 0 Å². The van der Waals surface area contributed by atoms with Gasteiger partial charge in [0.1, 0.15) is 12.2 Å². The molecule has 1 aliphatic rings. The lowest BCUT2D eigenvalue weighted by atomic mass is 9.90. The van der Waals surface area contributed by atoms with Crippen LogP contribution in [-0.4, -0.2) is 59.6 Å². The van der Waals surface area contributed by atoms with E-state index >= 15 is 0 Å². The lowest BCUT2D eigenvalue weighted by molar-refractivity contribution is -0.177. The minimum Gasteiger partial charge on any atom is -0.464 e. The highest BCUT2D eigenvalue weighted by atomic mass is 16.8. The molecule has 5 atom stereocenters. The van der Waals surface area contributed by atoms with Crippen LogP contribution >= 0.6 is 0 Å². The molecule has 0 saturated carbocycles. The van der Waals surface area contributed by atoms with Crippen LogP contribution in [0.25, 0.3) is 0 Å². The number of ether oxygens (including phenoxy) is 4. The van der Waals surface area contributed by atoms with Crippen molar-refractivity contribution < 1.29 is 34.0 Å². The van der Waals surface area contributed by atoms with Crippen LogP contribution in [0.15, 0.2) is 30.3 Å². The molecule has 31 heavy (non-hydrogen) atoms. The van der Waals surface area contributed by atoms with E-state index in [0.717, 1.165) is 25.7 Å². The second-order valence-corrected chi connectivity index (χ2v) is 8.62. The third-order valence-electron chi connectivity index (χ3n) is 5.47. The fourth-order valence-electron chi connectivity index (χ4n) is 3.84. The summed E-state index contributed by atoms with van der Waals surface area (Å²) in [7, 11) is 0. The Kier molecular flexibility index (Phi) is 10.4. The molecule has 7 heteroatoms. The molecule has 0 spiro atoms. The summed E-state index contributed by atoms with van der Waals surface area (Å²) in [4.78, 5) is 11.8. The topological polar surface area (TPSA) is 94.5 Å². The van der Waals surface area contributed by atoms with Crippen molar-refractivity contribution in [2.75, 3.05) is 13.2 Å². The van der Waals surface area contributed by atoms with E-state index in [1.165, 1.54) is 5.56 Å². The zero-order valence-corrected chi connectivity index (χ0v) is 19.2. The number of hydrogen-bond acceptors (Lipinski definition) is 7. The zero-order valence-electron chi connectivity index (χ0n) is 19.2. The van der Waals surface area contributed by atoms with E-state index in [0.29, 0.717) is 13.2 Å². The minimum absolute atomic E-state index is 0.0843. The Bertz CT molecular complexity index is 649. The van der Waals surface area contributed by atoms with Gasteiger partial charge < -0.3 is 29.2 Å². The van der Waals surface area contributed by atoms with E-state index in [4.69, 9.17) is 18.9 Å². The van der Waals surface area contributed by atoms with Crippen molar-refractivity contribution in [3.05, 3.63) is 35.9 Å². The third kappa shape index (κ3) is 8.16. The van der Waals surface area contributed by atoms with Crippen molar-refractivity contribution in [3.8, 4) is 0 Å². The van der Waals surface area contributed by atoms with Gasteiger partial charge in [-0.3, -0.25) is 0 Å². The van der Waals surface area contributed by atoms with Crippen LogP contribution in [0.3, 0.4) is 0 Å². The predicted molar refractivity (Wildman–Crippen MR) is 116 cm³/mol. The number of carbonyl (C=O) groups is 1. The fraction of sp³-hybridized carbons (Fsp3) is 0.708. The molecule has 0 aliphatic carbocycles. The van der Waals surface area contributed by atoms with Gasteiger partial charge in [0.15, 0.2) is 11.9 Å². The Morgan fingerprint density at radius 1 is 1.10 bits per heavy atom. The van der Waals surface area contributed by atoms with Crippen molar-refractivity contribution in [1.82, 2.24) is 0 Å². The summed E-state index contributed by atoms with van der Waals surface area (Å²) in [5.41, 5.74) is 1.17. The first-order valence-corrected chi connectivity index (χ1v) is 11.2. The van der Waals surface area contributed by atoms with Gasteiger partial charge in [0.25, 0.3) is 0 Å². The number of aliphatic hydroxyl groups is 2. The van der Waals surface area contributed by atoms with E-state index < -0.39 is 36.2 Å². The van der Waals surface area contributed by atoms with Crippen LogP contribution in [0.4, 0.5) is 0 Å². The SMILES string of the molecule is CCOC(=O)[C@@H](O)[C@H](O)[C@@H]1OC(C)(C)O[C@H]1[C@@H](C)CCCCCOCc1ccccc1. The summed E-state index contributed by atoms with van der Waals surface area (Å²) < 4.78 is 22.4. The molecular weight excluding hydrogens is 400 g/mol. The molecule has 0 amide bonds. The molecular formula is C24H38O7. The maximum absolute atomic E-state index is 11.8. The van der Waals surface area contributed by atoms with Gasteiger partial charge in [-0.1, -0.05) is 50.1 Å². The first-order chi connectivity index (χ1) is 14.7. The smallest absolute Gasteiger partial charge is 0.337 e. The van der Waals surface area contributed by atoms with Crippen molar-refractivity contribution in [1.29, 1.82) is 0 Å². The highest BCUT2D eigenvalue weighted by molar-refractivity contribution is 5.75. The lowest BCUT2D eigenvalue weighted by Crippen LogP contribution is -2.48. The molecule has 0 bridgehead atoms. The highest BCUT2D eigenvalue weighted by Crippen LogP contribution is 2.36. The van der Waals surface area contributed by atoms with Crippen molar-refractivity contribution in [2.45, 2.75) is 90.2 Å². The van der Waals surface area contributed by atoms with Gasteiger partial charge in [0, 0.05) is 6.61 Å². The van der Waals surface area contributed by atoms with Gasteiger partial charge in [-0.15, -0.1) is 0 Å². The largest absolute Gasteiger partial charge is 0.464 e. The van der Waals surface area contributed by atoms with E-state index in [2.05, 4.69) is 12.1 Å². The van der Waals surface area contributed by atoms with E-state index in [1.54, 1.807) is 20.8 Å². The van der Waals surface area contributed by atoms with Crippen LogP contribution in [0.1, 0.15) is 58.9 Å². The molecule has 2 N–H and O–H groups in total.